The molecule has 0 bridgehead atoms. The van der Waals surface area contributed by atoms with Crippen molar-refractivity contribution in [2.75, 3.05) is 6.61 Å². The van der Waals surface area contributed by atoms with E-state index in [1.165, 1.54) is 0 Å². The summed E-state index contributed by atoms with van der Waals surface area (Å²) < 4.78 is 5.56. The Labute approximate surface area is 180 Å². The third kappa shape index (κ3) is 4.40. The summed E-state index contributed by atoms with van der Waals surface area (Å²) in [5, 5.41) is 14.4. The molecule has 162 valence electrons. The summed E-state index contributed by atoms with van der Waals surface area (Å²) in [6, 6.07) is 15.3. The van der Waals surface area contributed by atoms with Gasteiger partial charge in [-0.05, 0) is 41.5 Å². The molecule has 2 aromatic carbocycles. The Kier molecular flexibility index (Phi) is 5.67. The van der Waals surface area contributed by atoms with Gasteiger partial charge in [-0.15, -0.1) is 0 Å². The number of ether oxygens (including phenoxy) is 1. The maximum absolute atomic E-state index is 12.5. The van der Waals surface area contributed by atoms with E-state index < -0.39 is 23.6 Å². The Morgan fingerprint density at radius 2 is 1.65 bits per heavy atom. The first-order chi connectivity index (χ1) is 14.9. The van der Waals surface area contributed by atoms with E-state index in [2.05, 4.69) is 34.9 Å². The zero-order valence-electron chi connectivity index (χ0n) is 17.4. The molecule has 0 spiro atoms. The first kappa shape index (κ1) is 20.9. The first-order valence-electron chi connectivity index (χ1n) is 10.6. The van der Waals surface area contributed by atoms with Crippen molar-refractivity contribution >= 4 is 18.0 Å². The molecule has 0 aliphatic heterocycles. The fraction of sp³-hybridized carbons (Fsp3) is 0.375. The summed E-state index contributed by atoms with van der Waals surface area (Å²) in [7, 11) is 0. The second kappa shape index (κ2) is 8.41. The van der Waals surface area contributed by atoms with Crippen molar-refractivity contribution in [1.82, 2.24) is 10.6 Å². The van der Waals surface area contributed by atoms with Gasteiger partial charge < -0.3 is 20.5 Å². The van der Waals surface area contributed by atoms with Gasteiger partial charge in [0.25, 0.3) is 0 Å². The van der Waals surface area contributed by atoms with Gasteiger partial charge in [0.05, 0.1) is 5.54 Å². The Hall–Kier alpha value is -3.35. The quantitative estimate of drug-likeness (QED) is 0.605. The van der Waals surface area contributed by atoms with E-state index in [1.54, 1.807) is 6.92 Å². The molecule has 1 fully saturated rings. The molecule has 0 saturated heterocycles. The number of rotatable bonds is 8. The number of carboxylic acid groups (broad SMARTS) is 1. The Morgan fingerprint density at radius 3 is 2.16 bits per heavy atom. The lowest BCUT2D eigenvalue weighted by Gasteiger charge is -2.20. The van der Waals surface area contributed by atoms with Crippen molar-refractivity contribution < 1.29 is 24.2 Å². The van der Waals surface area contributed by atoms with E-state index in [0.29, 0.717) is 19.3 Å². The molecule has 0 unspecified atom stereocenters. The van der Waals surface area contributed by atoms with E-state index >= 15 is 0 Å². The van der Waals surface area contributed by atoms with Gasteiger partial charge >= 0.3 is 12.1 Å². The third-order valence-corrected chi connectivity index (χ3v) is 6.10. The summed E-state index contributed by atoms with van der Waals surface area (Å²) in [6.07, 6.45) is 1.11. The third-order valence-electron chi connectivity index (χ3n) is 6.10. The van der Waals surface area contributed by atoms with Crippen LogP contribution in [-0.2, 0) is 14.3 Å². The number of carboxylic acids is 1. The largest absolute Gasteiger partial charge is 0.480 e. The molecule has 0 radical (unpaired) electrons. The molecule has 31 heavy (non-hydrogen) atoms. The van der Waals surface area contributed by atoms with Crippen LogP contribution in [0.2, 0.25) is 0 Å². The van der Waals surface area contributed by atoms with Crippen LogP contribution in [0.3, 0.4) is 0 Å². The molecule has 2 aromatic rings. The summed E-state index contributed by atoms with van der Waals surface area (Å²) in [4.78, 5) is 35.8. The topological polar surface area (TPSA) is 105 Å². The smallest absolute Gasteiger partial charge is 0.407 e. The number of hydrogen-bond acceptors (Lipinski definition) is 4. The molecule has 2 aliphatic carbocycles. The van der Waals surface area contributed by atoms with Gasteiger partial charge in [0.2, 0.25) is 5.91 Å². The van der Waals surface area contributed by atoms with Gasteiger partial charge in [-0.3, -0.25) is 4.79 Å². The van der Waals surface area contributed by atoms with Gasteiger partial charge in [0.1, 0.15) is 12.6 Å². The van der Waals surface area contributed by atoms with Gasteiger partial charge in [-0.25, -0.2) is 9.59 Å². The van der Waals surface area contributed by atoms with Crippen LogP contribution in [0, 0.1) is 0 Å². The standard InChI is InChI=1S/C24H26N2O5/c1-2-20(22(28)29)25-21(27)13-24(11-12-24)26-23(30)31-14-19-17-9-5-3-7-15(17)16-8-4-6-10-18(16)19/h3-10,19-20H,2,11-14H2,1H3,(H,25,27)(H,26,30)(H,28,29)/t20-/m1/s1. The summed E-state index contributed by atoms with van der Waals surface area (Å²) in [5.41, 5.74) is 3.94. The number of carbonyl (C=O) groups is 3. The molecule has 1 saturated carbocycles. The van der Waals surface area contributed by atoms with Crippen LogP contribution in [0.1, 0.15) is 49.7 Å². The number of aliphatic carboxylic acids is 1. The van der Waals surface area contributed by atoms with Crippen LogP contribution in [0.5, 0.6) is 0 Å². The predicted molar refractivity (Wildman–Crippen MR) is 115 cm³/mol. The normalized spacial score (nSPS) is 16.5. The number of fused-ring (bicyclic) bond motifs is 3. The summed E-state index contributed by atoms with van der Waals surface area (Å²) in [6.45, 7) is 1.90. The van der Waals surface area contributed by atoms with Crippen LogP contribution >= 0.6 is 0 Å². The highest BCUT2D eigenvalue weighted by molar-refractivity contribution is 5.85. The van der Waals surface area contributed by atoms with E-state index in [1.807, 2.05) is 24.3 Å². The molecule has 1 atom stereocenters. The van der Waals surface area contributed by atoms with Gasteiger partial charge in [0, 0.05) is 12.3 Å². The Bertz CT molecular complexity index is 969. The van der Waals surface area contributed by atoms with Crippen molar-refractivity contribution in [2.45, 2.75) is 50.1 Å². The highest BCUT2D eigenvalue weighted by atomic mass is 16.5. The lowest BCUT2D eigenvalue weighted by atomic mass is 9.98. The van der Waals surface area contributed by atoms with Crippen molar-refractivity contribution in [3.63, 3.8) is 0 Å². The van der Waals surface area contributed by atoms with Crippen LogP contribution in [0.15, 0.2) is 48.5 Å². The molecule has 3 N–H and O–H groups in total. The van der Waals surface area contributed by atoms with Crippen LogP contribution < -0.4 is 10.6 Å². The van der Waals surface area contributed by atoms with Crippen LogP contribution in [0.4, 0.5) is 4.79 Å². The molecule has 7 nitrogen and oxygen atoms in total. The zero-order valence-corrected chi connectivity index (χ0v) is 17.4. The zero-order chi connectivity index (χ0) is 22.0. The second-order valence-corrected chi connectivity index (χ2v) is 8.27. The van der Waals surface area contributed by atoms with E-state index in [4.69, 9.17) is 9.84 Å². The number of carbonyl (C=O) groups excluding carboxylic acids is 2. The summed E-state index contributed by atoms with van der Waals surface area (Å²) in [5.74, 6) is -1.48. The Balaban J connectivity index is 1.35. The minimum atomic E-state index is -1.06. The second-order valence-electron chi connectivity index (χ2n) is 8.27. The number of amides is 2. The molecular formula is C24H26N2O5. The predicted octanol–water partition coefficient (Wildman–Crippen LogP) is 3.43. The fourth-order valence-corrected chi connectivity index (χ4v) is 4.24. The van der Waals surface area contributed by atoms with Crippen molar-refractivity contribution in [3.05, 3.63) is 59.7 Å². The Morgan fingerprint density at radius 1 is 1.06 bits per heavy atom. The van der Waals surface area contributed by atoms with E-state index in [9.17, 15) is 14.4 Å². The molecule has 2 aliphatic rings. The monoisotopic (exact) mass is 422 g/mol. The lowest BCUT2D eigenvalue weighted by molar-refractivity contribution is -0.142. The SMILES string of the molecule is CC[C@@H](NC(=O)CC1(NC(=O)OCC2c3ccccc3-c3ccccc32)CC1)C(=O)O. The fourth-order valence-electron chi connectivity index (χ4n) is 4.24. The average molecular weight is 422 g/mol. The number of alkyl carbamates (subject to hydrolysis) is 1. The molecule has 4 rings (SSSR count). The molecular weight excluding hydrogens is 396 g/mol. The van der Waals surface area contributed by atoms with Crippen molar-refractivity contribution in [1.29, 1.82) is 0 Å². The average Bonchev–Trinajstić information content (AvgIpc) is 3.42. The molecule has 2 amide bonds. The molecule has 0 aromatic heterocycles. The highest BCUT2D eigenvalue weighted by Crippen LogP contribution is 2.44. The van der Waals surface area contributed by atoms with Crippen molar-refractivity contribution in [3.8, 4) is 11.1 Å². The highest BCUT2D eigenvalue weighted by Gasteiger charge is 2.46. The minimum absolute atomic E-state index is 0.0301. The summed E-state index contributed by atoms with van der Waals surface area (Å²) >= 11 is 0. The molecule has 7 heteroatoms. The van der Waals surface area contributed by atoms with Crippen LogP contribution in [0.25, 0.3) is 11.1 Å². The number of nitrogens with one attached hydrogen (secondary N) is 2. The van der Waals surface area contributed by atoms with Gasteiger partial charge in [-0.1, -0.05) is 55.5 Å². The van der Waals surface area contributed by atoms with Gasteiger partial charge in [0.15, 0.2) is 0 Å². The van der Waals surface area contributed by atoms with E-state index in [0.717, 1.165) is 22.3 Å². The van der Waals surface area contributed by atoms with Crippen molar-refractivity contribution in [2.24, 2.45) is 0 Å². The maximum Gasteiger partial charge on any atom is 0.407 e. The van der Waals surface area contributed by atoms with E-state index in [-0.39, 0.29) is 24.9 Å². The van der Waals surface area contributed by atoms with Gasteiger partial charge in [-0.2, -0.15) is 0 Å². The molecule has 0 heterocycles. The first-order valence-corrected chi connectivity index (χ1v) is 10.6. The minimum Gasteiger partial charge on any atom is -0.480 e. The number of hydrogen-bond donors (Lipinski definition) is 3. The van der Waals surface area contributed by atoms with Crippen LogP contribution in [-0.4, -0.2) is 41.3 Å². The lowest BCUT2D eigenvalue weighted by Crippen LogP contribution is -2.45. The number of benzene rings is 2. The maximum atomic E-state index is 12.5.